The second kappa shape index (κ2) is 5.94. The summed E-state index contributed by atoms with van der Waals surface area (Å²) in [6.07, 6.45) is 0.471. The standard InChI is InChI=1S/C13H19BrFNO/c1-9(2)16-7-6-13(3,17)11-8-10(14)4-5-12(11)15/h4-5,8-9,16-17H,6-7H2,1-3H3. The van der Waals surface area contributed by atoms with Crippen molar-refractivity contribution in [2.45, 2.75) is 38.8 Å². The second-order valence-electron chi connectivity index (χ2n) is 4.76. The highest BCUT2D eigenvalue weighted by molar-refractivity contribution is 9.10. The van der Waals surface area contributed by atoms with Gasteiger partial charge in [-0.3, -0.25) is 0 Å². The molecule has 0 saturated heterocycles. The molecule has 0 amide bonds. The lowest BCUT2D eigenvalue weighted by molar-refractivity contribution is 0.0438. The highest BCUT2D eigenvalue weighted by atomic mass is 79.9. The molecule has 2 nitrogen and oxygen atoms in total. The quantitative estimate of drug-likeness (QED) is 0.875. The van der Waals surface area contributed by atoms with Gasteiger partial charge in [0.15, 0.2) is 0 Å². The minimum atomic E-state index is -1.16. The van der Waals surface area contributed by atoms with Gasteiger partial charge in [-0.05, 0) is 38.1 Å². The van der Waals surface area contributed by atoms with Crippen LogP contribution in [-0.2, 0) is 5.60 Å². The van der Waals surface area contributed by atoms with Gasteiger partial charge in [0.2, 0.25) is 0 Å². The Morgan fingerprint density at radius 1 is 1.47 bits per heavy atom. The van der Waals surface area contributed by atoms with Gasteiger partial charge in [0.1, 0.15) is 5.82 Å². The molecule has 17 heavy (non-hydrogen) atoms. The Morgan fingerprint density at radius 2 is 2.12 bits per heavy atom. The zero-order valence-corrected chi connectivity index (χ0v) is 12.0. The van der Waals surface area contributed by atoms with Crippen LogP contribution in [0.3, 0.4) is 0 Å². The SMILES string of the molecule is CC(C)NCCC(C)(O)c1cc(Br)ccc1F. The van der Waals surface area contributed by atoms with Crippen molar-refractivity contribution >= 4 is 15.9 Å². The largest absolute Gasteiger partial charge is 0.385 e. The Bertz CT molecular complexity index is 380. The summed E-state index contributed by atoms with van der Waals surface area (Å²) in [5, 5.41) is 13.5. The maximum atomic E-state index is 13.6. The van der Waals surface area contributed by atoms with Crippen molar-refractivity contribution in [1.29, 1.82) is 0 Å². The maximum Gasteiger partial charge on any atom is 0.129 e. The monoisotopic (exact) mass is 303 g/mol. The smallest absolute Gasteiger partial charge is 0.129 e. The molecule has 96 valence electrons. The Kier molecular flexibility index (Phi) is 5.10. The highest BCUT2D eigenvalue weighted by Gasteiger charge is 2.26. The molecule has 1 rings (SSSR count). The topological polar surface area (TPSA) is 32.3 Å². The Hall–Kier alpha value is -0.450. The van der Waals surface area contributed by atoms with E-state index in [1.54, 1.807) is 19.1 Å². The van der Waals surface area contributed by atoms with Gasteiger partial charge in [-0.2, -0.15) is 0 Å². The van der Waals surface area contributed by atoms with E-state index in [1.165, 1.54) is 6.07 Å². The molecule has 1 aromatic carbocycles. The fourth-order valence-corrected chi connectivity index (χ4v) is 2.01. The molecular formula is C13H19BrFNO. The summed E-state index contributed by atoms with van der Waals surface area (Å²) in [5.41, 5.74) is -0.826. The van der Waals surface area contributed by atoms with Crippen molar-refractivity contribution in [1.82, 2.24) is 5.32 Å². The van der Waals surface area contributed by atoms with Crippen LogP contribution in [0.15, 0.2) is 22.7 Å². The van der Waals surface area contributed by atoms with Crippen LogP contribution >= 0.6 is 15.9 Å². The number of hydrogen-bond acceptors (Lipinski definition) is 2. The molecule has 0 radical (unpaired) electrons. The normalized spacial score (nSPS) is 15.0. The van der Waals surface area contributed by atoms with Crippen molar-refractivity contribution in [2.24, 2.45) is 0 Å². The zero-order chi connectivity index (χ0) is 13.1. The van der Waals surface area contributed by atoms with Gasteiger partial charge >= 0.3 is 0 Å². The number of benzene rings is 1. The first-order valence-corrected chi connectivity index (χ1v) is 6.53. The van der Waals surface area contributed by atoms with Gasteiger partial charge in [0, 0.05) is 16.1 Å². The van der Waals surface area contributed by atoms with E-state index in [9.17, 15) is 9.50 Å². The highest BCUT2D eigenvalue weighted by Crippen LogP contribution is 2.29. The van der Waals surface area contributed by atoms with Gasteiger partial charge in [0.25, 0.3) is 0 Å². The van der Waals surface area contributed by atoms with Gasteiger partial charge < -0.3 is 10.4 Å². The van der Waals surface area contributed by atoms with Crippen LogP contribution in [-0.4, -0.2) is 17.7 Å². The minimum absolute atomic E-state index is 0.331. The molecule has 0 spiro atoms. The van der Waals surface area contributed by atoms with E-state index in [4.69, 9.17) is 0 Å². The average Bonchev–Trinajstić information content (AvgIpc) is 2.20. The number of hydrogen-bond donors (Lipinski definition) is 2. The van der Waals surface area contributed by atoms with Crippen LogP contribution in [0.25, 0.3) is 0 Å². The summed E-state index contributed by atoms with van der Waals surface area (Å²) < 4.78 is 14.4. The van der Waals surface area contributed by atoms with Gasteiger partial charge in [0.05, 0.1) is 5.60 Å². The summed E-state index contributed by atoms with van der Waals surface area (Å²) >= 11 is 3.29. The lowest BCUT2D eigenvalue weighted by Crippen LogP contribution is -2.31. The average molecular weight is 304 g/mol. The molecule has 0 heterocycles. The summed E-state index contributed by atoms with van der Waals surface area (Å²) in [6, 6.07) is 4.98. The van der Waals surface area contributed by atoms with E-state index in [-0.39, 0.29) is 5.82 Å². The van der Waals surface area contributed by atoms with Crippen molar-refractivity contribution in [2.75, 3.05) is 6.54 Å². The molecular weight excluding hydrogens is 285 g/mol. The molecule has 4 heteroatoms. The third-order valence-electron chi connectivity index (χ3n) is 2.67. The Morgan fingerprint density at radius 3 is 2.71 bits per heavy atom. The number of nitrogens with one attached hydrogen (secondary N) is 1. The third-order valence-corrected chi connectivity index (χ3v) is 3.17. The summed E-state index contributed by atoms with van der Waals surface area (Å²) in [4.78, 5) is 0. The first-order chi connectivity index (χ1) is 7.83. The number of aliphatic hydroxyl groups is 1. The van der Waals surface area contributed by atoms with E-state index in [2.05, 4.69) is 21.2 Å². The van der Waals surface area contributed by atoms with Crippen LogP contribution < -0.4 is 5.32 Å². The number of halogens is 2. The molecule has 0 saturated carbocycles. The Labute approximate surface area is 110 Å². The molecule has 1 unspecified atom stereocenters. The number of rotatable bonds is 5. The Balaban J connectivity index is 2.77. The summed E-state index contributed by atoms with van der Waals surface area (Å²) in [6.45, 7) is 6.36. The van der Waals surface area contributed by atoms with Crippen LogP contribution in [0.5, 0.6) is 0 Å². The first-order valence-electron chi connectivity index (χ1n) is 5.74. The van der Waals surface area contributed by atoms with E-state index < -0.39 is 5.60 Å². The fourth-order valence-electron chi connectivity index (χ4n) is 1.65. The molecule has 2 N–H and O–H groups in total. The van der Waals surface area contributed by atoms with Crippen molar-refractivity contribution in [3.05, 3.63) is 34.1 Å². The second-order valence-corrected chi connectivity index (χ2v) is 5.67. The summed E-state index contributed by atoms with van der Waals surface area (Å²) in [7, 11) is 0. The van der Waals surface area contributed by atoms with Gasteiger partial charge in [-0.1, -0.05) is 29.8 Å². The van der Waals surface area contributed by atoms with Crippen molar-refractivity contribution in [3.63, 3.8) is 0 Å². The van der Waals surface area contributed by atoms with E-state index in [0.29, 0.717) is 24.6 Å². The molecule has 0 bridgehead atoms. The zero-order valence-electron chi connectivity index (χ0n) is 10.4. The predicted molar refractivity (Wildman–Crippen MR) is 71.4 cm³/mol. The van der Waals surface area contributed by atoms with Gasteiger partial charge in [-0.15, -0.1) is 0 Å². The summed E-state index contributed by atoms with van der Waals surface area (Å²) in [5.74, 6) is -0.372. The van der Waals surface area contributed by atoms with Crippen molar-refractivity contribution < 1.29 is 9.50 Å². The van der Waals surface area contributed by atoms with Gasteiger partial charge in [-0.25, -0.2) is 4.39 Å². The van der Waals surface area contributed by atoms with E-state index in [1.807, 2.05) is 13.8 Å². The van der Waals surface area contributed by atoms with Crippen LogP contribution in [0, 0.1) is 5.82 Å². The molecule has 0 aliphatic carbocycles. The minimum Gasteiger partial charge on any atom is -0.385 e. The molecule has 0 aromatic heterocycles. The van der Waals surface area contributed by atoms with Crippen LogP contribution in [0.1, 0.15) is 32.8 Å². The molecule has 0 aliphatic rings. The van der Waals surface area contributed by atoms with E-state index in [0.717, 1.165) is 4.47 Å². The lowest BCUT2D eigenvalue weighted by atomic mass is 9.92. The van der Waals surface area contributed by atoms with Crippen LogP contribution in [0.4, 0.5) is 4.39 Å². The first kappa shape index (κ1) is 14.6. The molecule has 1 aromatic rings. The maximum absolute atomic E-state index is 13.6. The molecule has 1 atom stereocenters. The molecule has 0 fully saturated rings. The third kappa shape index (κ3) is 4.37. The molecule has 0 aliphatic heterocycles. The lowest BCUT2D eigenvalue weighted by Gasteiger charge is -2.25. The van der Waals surface area contributed by atoms with Crippen molar-refractivity contribution in [3.8, 4) is 0 Å². The fraction of sp³-hybridized carbons (Fsp3) is 0.538. The predicted octanol–water partition coefficient (Wildman–Crippen LogP) is 3.18. The van der Waals surface area contributed by atoms with E-state index >= 15 is 0 Å². The van der Waals surface area contributed by atoms with Crippen LogP contribution in [0.2, 0.25) is 0 Å².